The average Bonchev–Trinajstić information content (AvgIpc) is 3.35. The van der Waals surface area contributed by atoms with Gasteiger partial charge in [0, 0.05) is 31.1 Å². The van der Waals surface area contributed by atoms with E-state index >= 15 is 0 Å². The molecule has 0 spiro atoms. The number of likely N-dealkylation sites (tertiary alicyclic amines) is 1. The molecule has 2 unspecified atom stereocenters. The first-order valence-electron chi connectivity index (χ1n) is 11.2. The summed E-state index contributed by atoms with van der Waals surface area (Å²) in [6.07, 6.45) is 4.39. The maximum Gasteiger partial charge on any atom is 0.407 e. The Kier molecular flexibility index (Phi) is 5.48. The van der Waals surface area contributed by atoms with Crippen LogP contribution in [0.5, 0.6) is 0 Å². The molecule has 1 saturated heterocycles. The number of fused-ring (bicyclic) bond motifs is 3. The second-order valence-electron chi connectivity index (χ2n) is 8.84. The third-order valence-electron chi connectivity index (χ3n) is 7.09. The number of carbonyl (C=O) groups is 1. The summed E-state index contributed by atoms with van der Waals surface area (Å²) in [5.41, 5.74) is 4.95. The highest BCUT2D eigenvalue weighted by molar-refractivity contribution is 5.79. The summed E-state index contributed by atoms with van der Waals surface area (Å²) in [6, 6.07) is 17.3. The molecule has 3 aliphatic rings. The number of piperidine rings is 1. The van der Waals surface area contributed by atoms with Crippen molar-refractivity contribution in [1.29, 1.82) is 0 Å². The molecule has 0 radical (unpaired) electrons. The first kappa shape index (κ1) is 19.6. The molecule has 30 heavy (non-hydrogen) atoms. The SMILES string of the molecule is O=C(NC1CCCC1N1CCC(O)CC1)OCC1c2ccccc2-c2ccccc21. The minimum atomic E-state index is -0.314. The number of amides is 1. The fourth-order valence-electron chi connectivity index (χ4n) is 5.55. The van der Waals surface area contributed by atoms with Crippen LogP contribution in [-0.2, 0) is 4.74 Å². The highest BCUT2D eigenvalue weighted by Gasteiger charge is 2.35. The molecule has 1 heterocycles. The molecule has 0 bridgehead atoms. The number of aliphatic hydroxyl groups is 1. The van der Waals surface area contributed by atoms with Gasteiger partial charge in [0.25, 0.3) is 0 Å². The zero-order chi connectivity index (χ0) is 20.5. The van der Waals surface area contributed by atoms with Gasteiger partial charge in [0.2, 0.25) is 0 Å². The number of nitrogens with one attached hydrogen (secondary N) is 1. The predicted molar refractivity (Wildman–Crippen MR) is 116 cm³/mol. The molecule has 1 saturated carbocycles. The number of alkyl carbamates (subject to hydrolysis) is 1. The first-order chi connectivity index (χ1) is 14.7. The van der Waals surface area contributed by atoms with Crippen LogP contribution < -0.4 is 5.32 Å². The molecule has 2 atom stereocenters. The lowest BCUT2D eigenvalue weighted by Crippen LogP contribution is -2.51. The van der Waals surface area contributed by atoms with Crippen LogP contribution in [0.1, 0.15) is 49.1 Å². The van der Waals surface area contributed by atoms with Gasteiger partial charge in [-0.25, -0.2) is 4.79 Å². The maximum absolute atomic E-state index is 12.7. The van der Waals surface area contributed by atoms with Crippen LogP contribution in [-0.4, -0.2) is 54.0 Å². The predicted octanol–water partition coefficient (Wildman–Crippen LogP) is 3.90. The molecular formula is C25H30N2O3. The Hall–Kier alpha value is -2.37. The van der Waals surface area contributed by atoms with E-state index in [4.69, 9.17) is 4.74 Å². The minimum Gasteiger partial charge on any atom is -0.449 e. The third-order valence-corrected chi connectivity index (χ3v) is 7.09. The molecule has 2 aromatic rings. The summed E-state index contributed by atoms with van der Waals surface area (Å²) in [4.78, 5) is 15.1. The van der Waals surface area contributed by atoms with E-state index in [2.05, 4.69) is 58.7 Å². The van der Waals surface area contributed by atoms with E-state index in [0.29, 0.717) is 12.6 Å². The van der Waals surface area contributed by atoms with Crippen molar-refractivity contribution in [3.8, 4) is 11.1 Å². The fourth-order valence-corrected chi connectivity index (χ4v) is 5.55. The van der Waals surface area contributed by atoms with Crippen molar-refractivity contribution in [2.45, 2.75) is 56.2 Å². The average molecular weight is 407 g/mol. The summed E-state index contributed by atoms with van der Waals surface area (Å²) < 4.78 is 5.75. The van der Waals surface area contributed by atoms with Crippen LogP contribution in [0.4, 0.5) is 4.79 Å². The fraction of sp³-hybridized carbons (Fsp3) is 0.480. The van der Waals surface area contributed by atoms with Crippen LogP contribution in [0.3, 0.4) is 0 Å². The maximum atomic E-state index is 12.7. The van der Waals surface area contributed by atoms with Crippen LogP contribution in [0.15, 0.2) is 48.5 Å². The minimum absolute atomic E-state index is 0.0890. The van der Waals surface area contributed by atoms with Gasteiger partial charge in [-0.15, -0.1) is 0 Å². The quantitative estimate of drug-likeness (QED) is 0.808. The number of rotatable bonds is 4. The number of aliphatic hydroxyl groups excluding tert-OH is 1. The molecule has 0 aromatic heterocycles. The molecule has 2 fully saturated rings. The largest absolute Gasteiger partial charge is 0.449 e. The van der Waals surface area contributed by atoms with E-state index in [1.54, 1.807) is 0 Å². The van der Waals surface area contributed by atoms with E-state index in [1.807, 2.05) is 0 Å². The van der Waals surface area contributed by atoms with E-state index in [1.165, 1.54) is 22.3 Å². The van der Waals surface area contributed by atoms with Crippen molar-refractivity contribution >= 4 is 6.09 Å². The smallest absolute Gasteiger partial charge is 0.407 e. The number of ether oxygens (including phenoxy) is 1. The monoisotopic (exact) mass is 406 g/mol. The number of benzene rings is 2. The van der Waals surface area contributed by atoms with Crippen molar-refractivity contribution in [3.05, 3.63) is 59.7 Å². The van der Waals surface area contributed by atoms with Crippen molar-refractivity contribution in [1.82, 2.24) is 10.2 Å². The van der Waals surface area contributed by atoms with Gasteiger partial charge in [-0.2, -0.15) is 0 Å². The van der Waals surface area contributed by atoms with Gasteiger partial charge in [-0.1, -0.05) is 48.5 Å². The lowest BCUT2D eigenvalue weighted by Gasteiger charge is -2.37. The van der Waals surface area contributed by atoms with Gasteiger partial charge in [0.15, 0.2) is 0 Å². The van der Waals surface area contributed by atoms with Crippen molar-refractivity contribution in [2.24, 2.45) is 0 Å². The number of carbonyl (C=O) groups excluding carboxylic acids is 1. The number of hydrogen-bond acceptors (Lipinski definition) is 4. The molecule has 1 aliphatic heterocycles. The van der Waals surface area contributed by atoms with Crippen LogP contribution >= 0.6 is 0 Å². The molecular weight excluding hydrogens is 376 g/mol. The second-order valence-corrected chi connectivity index (χ2v) is 8.84. The lowest BCUT2D eigenvalue weighted by molar-refractivity contribution is 0.0539. The van der Waals surface area contributed by atoms with Gasteiger partial charge < -0.3 is 15.2 Å². The zero-order valence-electron chi connectivity index (χ0n) is 17.3. The molecule has 2 N–H and O–H groups in total. The van der Waals surface area contributed by atoms with E-state index in [9.17, 15) is 9.90 Å². The van der Waals surface area contributed by atoms with Gasteiger partial charge in [-0.05, 0) is 54.4 Å². The van der Waals surface area contributed by atoms with Crippen LogP contribution in [0.2, 0.25) is 0 Å². The van der Waals surface area contributed by atoms with E-state index < -0.39 is 0 Å². The molecule has 5 heteroatoms. The third kappa shape index (κ3) is 3.72. The first-order valence-corrected chi connectivity index (χ1v) is 11.2. The Labute approximate surface area is 178 Å². The van der Waals surface area contributed by atoms with Crippen LogP contribution in [0, 0.1) is 0 Å². The summed E-state index contributed by atoms with van der Waals surface area (Å²) in [7, 11) is 0. The van der Waals surface area contributed by atoms with Crippen molar-refractivity contribution in [3.63, 3.8) is 0 Å². The van der Waals surface area contributed by atoms with Crippen molar-refractivity contribution < 1.29 is 14.6 Å². The Balaban J connectivity index is 1.22. The zero-order valence-corrected chi connectivity index (χ0v) is 17.3. The highest BCUT2D eigenvalue weighted by Crippen LogP contribution is 2.44. The summed E-state index contributed by atoms with van der Waals surface area (Å²) in [5, 5.41) is 12.9. The van der Waals surface area contributed by atoms with Crippen LogP contribution in [0.25, 0.3) is 11.1 Å². The van der Waals surface area contributed by atoms with Gasteiger partial charge in [0.05, 0.1) is 6.10 Å². The topological polar surface area (TPSA) is 61.8 Å². The second kappa shape index (κ2) is 8.40. The summed E-state index contributed by atoms with van der Waals surface area (Å²) in [6.45, 7) is 2.18. The number of hydrogen-bond donors (Lipinski definition) is 2. The van der Waals surface area contributed by atoms with Gasteiger partial charge in [0.1, 0.15) is 6.61 Å². The lowest BCUT2D eigenvalue weighted by atomic mass is 9.98. The van der Waals surface area contributed by atoms with Gasteiger partial charge >= 0.3 is 6.09 Å². The van der Waals surface area contributed by atoms with Crippen molar-refractivity contribution in [2.75, 3.05) is 19.7 Å². The van der Waals surface area contributed by atoms with E-state index in [-0.39, 0.29) is 24.2 Å². The van der Waals surface area contributed by atoms with Gasteiger partial charge in [-0.3, -0.25) is 4.90 Å². The Morgan fingerprint density at radius 2 is 1.60 bits per heavy atom. The van der Waals surface area contributed by atoms with E-state index in [0.717, 1.165) is 45.2 Å². The number of nitrogens with zero attached hydrogens (tertiary/aromatic N) is 1. The standard InChI is InChI=1S/C25H30N2O3/c28-17-12-14-27(15-13-17)24-11-5-10-23(24)26-25(29)30-16-22-20-8-3-1-6-18(20)19-7-2-4-9-21(19)22/h1-4,6-9,17,22-24,28H,5,10-16H2,(H,26,29). The summed E-state index contributed by atoms with van der Waals surface area (Å²) >= 11 is 0. The molecule has 5 nitrogen and oxygen atoms in total. The molecule has 5 rings (SSSR count). The Morgan fingerprint density at radius 3 is 2.27 bits per heavy atom. The normalized spacial score (nSPS) is 24.4. The summed E-state index contributed by atoms with van der Waals surface area (Å²) in [5.74, 6) is 0.0890. The Bertz CT molecular complexity index is 861. The molecule has 2 aliphatic carbocycles. The highest BCUT2D eigenvalue weighted by atomic mass is 16.5. The molecule has 158 valence electrons. The molecule has 1 amide bonds. The Morgan fingerprint density at radius 1 is 0.967 bits per heavy atom. The molecule has 2 aromatic carbocycles.